The van der Waals surface area contributed by atoms with E-state index in [0.717, 1.165) is 0 Å². The Kier molecular flexibility index (Phi) is 4.02. The first-order valence-corrected chi connectivity index (χ1v) is 5.75. The minimum atomic E-state index is -1.11. The molecule has 4 N–H and O–H groups in total. The average Bonchev–Trinajstić information content (AvgIpc) is 2.47. The molecule has 0 saturated carbocycles. The Morgan fingerprint density at radius 2 is 2.05 bits per heavy atom. The highest BCUT2D eigenvalue weighted by Gasteiger charge is 2.09. The minimum Gasteiger partial charge on any atom is -0.478 e. The summed E-state index contributed by atoms with van der Waals surface area (Å²) in [4.78, 5) is 30.6. The SMILES string of the molecule is NCc1cc(C(=O)Nc2cncc(C(=O)O)c2)ccn1. The molecule has 0 aliphatic carbocycles. The van der Waals surface area contributed by atoms with Gasteiger partial charge in [-0.1, -0.05) is 0 Å². The van der Waals surface area contributed by atoms with E-state index in [-0.39, 0.29) is 18.0 Å². The molecular weight excluding hydrogens is 260 g/mol. The lowest BCUT2D eigenvalue weighted by atomic mass is 10.2. The van der Waals surface area contributed by atoms with Crippen LogP contribution in [0.25, 0.3) is 0 Å². The monoisotopic (exact) mass is 272 g/mol. The molecule has 0 aliphatic rings. The molecule has 7 nitrogen and oxygen atoms in total. The van der Waals surface area contributed by atoms with Gasteiger partial charge < -0.3 is 16.2 Å². The van der Waals surface area contributed by atoms with E-state index in [9.17, 15) is 9.59 Å². The number of nitrogens with one attached hydrogen (secondary N) is 1. The van der Waals surface area contributed by atoms with Crippen LogP contribution in [0.4, 0.5) is 5.69 Å². The summed E-state index contributed by atoms with van der Waals surface area (Å²) in [6, 6.07) is 4.45. The van der Waals surface area contributed by atoms with Gasteiger partial charge in [0, 0.05) is 24.5 Å². The highest BCUT2D eigenvalue weighted by molar-refractivity contribution is 6.04. The van der Waals surface area contributed by atoms with Gasteiger partial charge in [-0.15, -0.1) is 0 Å². The lowest BCUT2D eigenvalue weighted by Crippen LogP contribution is -2.14. The Bertz CT molecular complexity index is 658. The molecule has 0 spiro atoms. The number of aromatic carboxylic acids is 1. The molecule has 0 fully saturated rings. The molecule has 1 amide bonds. The zero-order valence-corrected chi connectivity index (χ0v) is 10.4. The van der Waals surface area contributed by atoms with Crippen molar-refractivity contribution in [2.75, 3.05) is 5.32 Å². The van der Waals surface area contributed by atoms with Gasteiger partial charge >= 0.3 is 5.97 Å². The van der Waals surface area contributed by atoms with Crippen molar-refractivity contribution in [3.63, 3.8) is 0 Å². The average molecular weight is 272 g/mol. The second-order valence-electron chi connectivity index (χ2n) is 3.96. The maximum atomic E-state index is 12.0. The Labute approximate surface area is 114 Å². The molecule has 0 radical (unpaired) electrons. The van der Waals surface area contributed by atoms with Gasteiger partial charge in [0.05, 0.1) is 23.1 Å². The van der Waals surface area contributed by atoms with E-state index >= 15 is 0 Å². The summed E-state index contributed by atoms with van der Waals surface area (Å²) >= 11 is 0. The third kappa shape index (κ3) is 3.15. The van der Waals surface area contributed by atoms with Crippen LogP contribution in [-0.2, 0) is 6.54 Å². The molecule has 0 aliphatic heterocycles. The number of nitrogens with zero attached hydrogens (tertiary/aromatic N) is 2. The highest BCUT2D eigenvalue weighted by Crippen LogP contribution is 2.11. The van der Waals surface area contributed by atoms with Crippen LogP contribution >= 0.6 is 0 Å². The number of hydrogen-bond donors (Lipinski definition) is 3. The lowest BCUT2D eigenvalue weighted by Gasteiger charge is -2.06. The van der Waals surface area contributed by atoms with Gasteiger partial charge in [-0.2, -0.15) is 0 Å². The number of rotatable bonds is 4. The highest BCUT2D eigenvalue weighted by atomic mass is 16.4. The Morgan fingerprint density at radius 1 is 1.25 bits per heavy atom. The number of amides is 1. The van der Waals surface area contributed by atoms with Gasteiger partial charge in [0.15, 0.2) is 0 Å². The first-order chi connectivity index (χ1) is 9.60. The summed E-state index contributed by atoms with van der Waals surface area (Å²) in [7, 11) is 0. The summed E-state index contributed by atoms with van der Waals surface area (Å²) < 4.78 is 0. The van der Waals surface area contributed by atoms with E-state index in [2.05, 4.69) is 15.3 Å². The van der Waals surface area contributed by atoms with Crippen LogP contribution in [0.2, 0.25) is 0 Å². The third-order valence-electron chi connectivity index (χ3n) is 2.53. The van der Waals surface area contributed by atoms with E-state index in [1.165, 1.54) is 24.7 Å². The molecular formula is C13H12N4O3. The van der Waals surface area contributed by atoms with Crippen LogP contribution in [0, 0.1) is 0 Å². The quantitative estimate of drug-likeness (QED) is 0.760. The molecule has 0 bridgehead atoms. The number of carbonyl (C=O) groups is 2. The van der Waals surface area contributed by atoms with E-state index in [1.54, 1.807) is 12.1 Å². The number of hydrogen-bond acceptors (Lipinski definition) is 5. The number of carboxylic acid groups (broad SMARTS) is 1. The molecule has 0 unspecified atom stereocenters. The van der Waals surface area contributed by atoms with Gasteiger partial charge in [-0.25, -0.2) is 4.79 Å². The fraction of sp³-hybridized carbons (Fsp3) is 0.0769. The van der Waals surface area contributed by atoms with Crippen LogP contribution in [-0.4, -0.2) is 27.0 Å². The molecule has 2 aromatic heterocycles. The Hall–Kier alpha value is -2.80. The molecule has 2 heterocycles. The van der Waals surface area contributed by atoms with Crippen molar-refractivity contribution >= 4 is 17.6 Å². The molecule has 2 rings (SSSR count). The van der Waals surface area contributed by atoms with Crippen LogP contribution in [0.3, 0.4) is 0 Å². The fourth-order valence-electron chi connectivity index (χ4n) is 1.56. The summed E-state index contributed by atoms with van der Waals surface area (Å²) in [6.45, 7) is 0.233. The first kappa shape index (κ1) is 13.6. The minimum absolute atomic E-state index is 0.000163. The van der Waals surface area contributed by atoms with Crippen molar-refractivity contribution in [1.82, 2.24) is 9.97 Å². The van der Waals surface area contributed by atoms with Crippen LogP contribution < -0.4 is 11.1 Å². The normalized spacial score (nSPS) is 10.1. The number of nitrogens with two attached hydrogens (primary N) is 1. The summed E-state index contributed by atoms with van der Waals surface area (Å²) in [5.41, 5.74) is 6.74. The first-order valence-electron chi connectivity index (χ1n) is 5.75. The molecule has 0 aromatic carbocycles. The van der Waals surface area contributed by atoms with Crippen molar-refractivity contribution in [2.45, 2.75) is 6.54 Å². The number of carboxylic acids is 1. The molecule has 102 valence electrons. The number of carbonyl (C=O) groups excluding carboxylic acids is 1. The molecule has 20 heavy (non-hydrogen) atoms. The van der Waals surface area contributed by atoms with Crippen molar-refractivity contribution in [2.24, 2.45) is 5.73 Å². The predicted octanol–water partition coefficient (Wildman–Crippen LogP) is 0.886. The van der Waals surface area contributed by atoms with Gasteiger partial charge in [-0.05, 0) is 18.2 Å². The van der Waals surface area contributed by atoms with Crippen molar-refractivity contribution in [3.05, 3.63) is 53.6 Å². The molecule has 0 atom stereocenters. The number of anilines is 1. The molecule has 2 aromatic rings. The summed E-state index contributed by atoms with van der Waals surface area (Å²) in [5.74, 6) is -1.49. The largest absolute Gasteiger partial charge is 0.478 e. The summed E-state index contributed by atoms with van der Waals surface area (Å²) in [6.07, 6.45) is 4.06. The Balaban J connectivity index is 2.18. The number of aromatic nitrogens is 2. The smallest absolute Gasteiger partial charge is 0.337 e. The van der Waals surface area contributed by atoms with E-state index in [0.29, 0.717) is 16.9 Å². The van der Waals surface area contributed by atoms with Crippen molar-refractivity contribution < 1.29 is 14.7 Å². The molecule has 7 heteroatoms. The van der Waals surface area contributed by atoms with E-state index in [4.69, 9.17) is 10.8 Å². The third-order valence-corrected chi connectivity index (χ3v) is 2.53. The topological polar surface area (TPSA) is 118 Å². The van der Waals surface area contributed by atoms with E-state index < -0.39 is 5.97 Å². The lowest BCUT2D eigenvalue weighted by molar-refractivity contribution is 0.0696. The fourth-order valence-corrected chi connectivity index (χ4v) is 1.56. The van der Waals surface area contributed by atoms with Crippen molar-refractivity contribution in [1.29, 1.82) is 0 Å². The summed E-state index contributed by atoms with van der Waals surface area (Å²) in [5, 5.41) is 11.4. The predicted molar refractivity (Wildman–Crippen MR) is 71.3 cm³/mol. The second kappa shape index (κ2) is 5.89. The van der Waals surface area contributed by atoms with Gasteiger partial charge in [0.25, 0.3) is 5.91 Å². The van der Waals surface area contributed by atoms with Gasteiger partial charge in [0.2, 0.25) is 0 Å². The second-order valence-corrected chi connectivity index (χ2v) is 3.96. The van der Waals surface area contributed by atoms with E-state index in [1.807, 2.05) is 0 Å². The van der Waals surface area contributed by atoms with Gasteiger partial charge in [0.1, 0.15) is 0 Å². The maximum Gasteiger partial charge on any atom is 0.337 e. The maximum absolute atomic E-state index is 12.0. The standard InChI is InChI=1S/C13H12N4O3/c14-5-10-3-8(1-2-16-10)12(18)17-11-4-9(13(19)20)6-15-7-11/h1-4,6-7H,5,14H2,(H,17,18)(H,19,20). The Morgan fingerprint density at radius 3 is 2.75 bits per heavy atom. The zero-order valence-electron chi connectivity index (χ0n) is 10.4. The van der Waals surface area contributed by atoms with Gasteiger partial charge in [-0.3, -0.25) is 14.8 Å². The van der Waals surface area contributed by atoms with Crippen molar-refractivity contribution in [3.8, 4) is 0 Å². The number of pyridine rings is 2. The van der Waals surface area contributed by atoms with Crippen LogP contribution in [0.5, 0.6) is 0 Å². The van der Waals surface area contributed by atoms with Crippen LogP contribution in [0.1, 0.15) is 26.4 Å². The zero-order chi connectivity index (χ0) is 14.5. The van der Waals surface area contributed by atoms with Crippen LogP contribution in [0.15, 0.2) is 36.8 Å². The molecule has 0 saturated heterocycles.